The van der Waals surface area contributed by atoms with E-state index in [1.807, 2.05) is 51.2 Å². The number of esters is 1. The van der Waals surface area contributed by atoms with Crippen LogP contribution in [-0.2, 0) is 23.7 Å². The molecule has 15 atom stereocenters. The minimum atomic E-state index is -1.25. The quantitative estimate of drug-likeness (QED) is 0.186. The molecule has 1 saturated heterocycles. The summed E-state index contributed by atoms with van der Waals surface area (Å²) in [5, 5.41) is 63.6. The molecule has 0 unspecified atom stereocenters. The highest BCUT2D eigenvalue weighted by molar-refractivity contribution is 5.82. The molecule has 3 heterocycles. The summed E-state index contributed by atoms with van der Waals surface area (Å²) in [6, 6.07) is 0. The van der Waals surface area contributed by atoms with Gasteiger partial charge in [0.05, 0.1) is 42.5 Å². The summed E-state index contributed by atoms with van der Waals surface area (Å²) in [6.45, 7) is 12.6. The Labute approximate surface area is 355 Å². The standard InChI is InChI=1S/C47H67NO12/c1-29-19-13-9-12-16-24-41(53)60-44(33(5)38(51)26-32(4)49)30(2)20-14-10-11-15-22-37(50)27-39(52)34(6)46-48-36(28-57-46)21-17-18-23-40(31(3)25-29)59-47-43(55)45(56-8)42(54)35(7)58-47/h9-25,28,30-35,37-40,42-45,47,49-52,54-55H,26-27H2,1-8H3/t30-,31+,32-,33+,34-,35+,37+,38+,39+,40+,42+,43+,44+,45-,47-/m0/s1. The predicted molar refractivity (Wildman–Crippen MR) is 230 cm³/mol. The van der Waals surface area contributed by atoms with Crippen LogP contribution in [0.25, 0.3) is 6.08 Å². The zero-order valence-corrected chi connectivity index (χ0v) is 36.0. The third-order valence-electron chi connectivity index (χ3n) is 10.5. The summed E-state index contributed by atoms with van der Waals surface area (Å²) < 4.78 is 29.1. The summed E-state index contributed by atoms with van der Waals surface area (Å²) in [4.78, 5) is 17.5. The maximum Gasteiger partial charge on any atom is 0.331 e. The molecule has 0 aliphatic carbocycles. The summed E-state index contributed by atoms with van der Waals surface area (Å²) in [6.07, 6.45) is 21.4. The van der Waals surface area contributed by atoms with Crippen molar-refractivity contribution in [3.63, 3.8) is 0 Å². The fraction of sp³-hybridized carbons (Fsp3) is 0.532. The Balaban J connectivity index is 1.92. The SMILES string of the molecule is CO[C@@H]1[C@@H](O)[C@H](O[C@@H]2C=CC=Cc3coc(n3)[C@@H](C)[C@H](O)C[C@H](O)C=CC=CC=C[C@H](C)[C@H]([C@H](C)[C@H](O)C[C@H](C)O)OC(=O)C=CC=CC=CC(C)=C[C@H]2C)O[C@H](C)[C@H]1O. The molecule has 0 saturated carbocycles. The van der Waals surface area contributed by atoms with E-state index in [2.05, 4.69) is 4.98 Å². The minimum absolute atomic E-state index is 0.0458. The van der Waals surface area contributed by atoms with E-state index in [0.29, 0.717) is 11.6 Å². The number of aromatic nitrogens is 1. The second-order valence-electron chi connectivity index (χ2n) is 15.8. The number of carbonyl (C=O) groups is 1. The molecule has 1 aromatic heterocycles. The highest BCUT2D eigenvalue weighted by atomic mass is 16.7. The molecule has 2 aliphatic heterocycles. The molecule has 0 amide bonds. The molecule has 1 fully saturated rings. The largest absolute Gasteiger partial charge is 0.458 e. The van der Waals surface area contributed by atoms with Gasteiger partial charge in [-0.2, -0.15) is 0 Å². The molecule has 13 heteroatoms. The number of nitrogens with zero attached hydrogens (tertiary/aromatic N) is 1. The molecule has 60 heavy (non-hydrogen) atoms. The number of cyclic esters (lactones) is 1. The van der Waals surface area contributed by atoms with Gasteiger partial charge in [-0.05, 0) is 33.3 Å². The van der Waals surface area contributed by atoms with Crippen LogP contribution in [0.1, 0.15) is 78.8 Å². The van der Waals surface area contributed by atoms with Crippen LogP contribution in [0.2, 0.25) is 0 Å². The number of allylic oxidation sites excluding steroid dienone is 12. The number of fused-ring (bicyclic) bond motifs is 2. The van der Waals surface area contributed by atoms with Gasteiger partial charge in [-0.1, -0.05) is 124 Å². The van der Waals surface area contributed by atoms with Crippen LogP contribution < -0.4 is 0 Å². The number of methoxy groups -OCH3 is 1. The average molecular weight is 838 g/mol. The number of hydrogen-bond acceptors (Lipinski definition) is 13. The Morgan fingerprint density at radius 3 is 2.13 bits per heavy atom. The second-order valence-corrected chi connectivity index (χ2v) is 15.8. The zero-order chi connectivity index (χ0) is 44.4. The van der Waals surface area contributed by atoms with E-state index < -0.39 is 85.1 Å². The molecule has 332 valence electrons. The fourth-order valence-electron chi connectivity index (χ4n) is 6.85. The predicted octanol–water partition coefficient (Wildman–Crippen LogP) is 5.58. The van der Waals surface area contributed by atoms with E-state index in [1.54, 1.807) is 94.5 Å². The minimum Gasteiger partial charge on any atom is -0.458 e. The lowest BCUT2D eigenvalue weighted by Gasteiger charge is -2.42. The van der Waals surface area contributed by atoms with Crippen LogP contribution in [0.15, 0.2) is 113 Å². The fourth-order valence-corrected chi connectivity index (χ4v) is 6.85. The summed E-state index contributed by atoms with van der Waals surface area (Å²) in [5.41, 5.74) is 1.43. The lowest BCUT2D eigenvalue weighted by molar-refractivity contribution is -0.305. The molecule has 2 aliphatic rings. The topological polar surface area (TPSA) is 201 Å². The smallest absolute Gasteiger partial charge is 0.331 e. The molecule has 6 N–H and O–H groups in total. The number of hydrogen-bond donors (Lipinski definition) is 6. The number of oxazole rings is 1. The van der Waals surface area contributed by atoms with Gasteiger partial charge in [-0.25, -0.2) is 9.78 Å². The maximum absolute atomic E-state index is 12.9. The van der Waals surface area contributed by atoms with E-state index in [0.717, 1.165) is 5.57 Å². The molecule has 1 aromatic rings. The van der Waals surface area contributed by atoms with Crippen LogP contribution in [0.4, 0.5) is 0 Å². The van der Waals surface area contributed by atoms with Crippen molar-refractivity contribution in [1.29, 1.82) is 0 Å². The Bertz CT molecular complexity index is 1720. The Morgan fingerprint density at radius 2 is 1.45 bits per heavy atom. The van der Waals surface area contributed by atoms with Gasteiger partial charge in [0.25, 0.3) is 0 Å². The molecule has 2 bridgehead atoms. The van der Waals surface area contributed by atoms with Crippen molar-refractivity contribution in [3.8, 4) is 0 Å². The number of aliphatic hydroxyl groups excluding tert-OH is 6. The van der Waals surface area contributed by atoms with Crippen LogP contribution in [0.5, 0.6) is 0 Å². The van der Waals surface area contributed by atoms with E-state index in [1.165, 1.54) is 19.4 Å². The highest BCUT2D eigenvalue weighted by Crippen LogP contribution is 2.28. The molecule has 13 nitrogen and oxygen atoms in total. The number of carbonyl (C=O) groups excluding carboxylic acids is 1. The van der Waals surface area contributed by atoms with E-state index >= 15 is 0 Å². The summed E-state index contributed by atoms with van der Waals surface area (Å²) in [5.74, 6) is -1.80. The van der Waals surface area contributed by atoms with Crippen molar-refractivity contribution in [2.75, 3.05) is 7.11 Å². The number of aliphatic hydroxyl groups is 6. The zero-order valence-electron chi connectivity index (χ0n) is 36.0. The normalized spacial score (nSPS) is 33.4. The van der Waals surface area contributed by atoms with Gasteiger partial charge in [-0.3, -0.25) is 0 Å². The first-order valence-electron chi connectivity index (χ1n) is 20.7. The number of rotatable bonds is 7. The lowest BCUT2D eigenvalue weighted by Crippen LogP contribution is -2.58. The first-order valence-corrected chi connectivity index (χ1v) is 20.7. The van der Waals surface area contributed by atoms with Crippen molar-refractivity contribution in [3.05, 3.63) is 121 Å². The molecular formula is C47H67NO12. The molecule has 0 radical (unpaired) electrons. The van der Waals surface area contributed by atoms with Gasteiger partial charge in [-0.15, -0.1) is 0 Å². The Kier molecular flexibility index (Phi) is 21.5. The van der Waals surface area contributed by atoms with Crippen molar-refractivity contribution >= 4 is 12.0 Å². The Morgan fingerprint density at radius 1 is 0.817 bits per heavy atom. The van der Waals surface area contributed by atoms with Crippen molar-refractivity contribution in [2.24, 2.45) is 17.8 Å². The van der Waals surface area contributed by atoms with Crippen LogP contribution >= 0.6 is 0 Å². The molecule has 3 rings (SSSR count). The summed E-state index contributed by atoms with van der Waals surface area (Å²) in [7, 11) is 1.41. The van der Waals surface area contributed by atoms with Crippen LogP contribution in [-0.4, -0.2) is 116 Å². The molecule has 0 spiro atoms. The third-order valence-corrected chi connectivity index (χ3v) is 10.5. The second kappa shape index (κ2) is 25.7. The van der Waals surface area contributed by atoms with Gasteiger partial charge < -0.3 is 54.0 Å². The van der Waals surface area contributed by atoms with E-state index in [4.69, 9.17) is 23.4 Å². The maximum atomic E-state index is 12.9. The monoisotopic (exact) mass is 837 g/mol. The third kappa shape index (κ3) is 16.4. The summed E-state index contributed by atoms with van der Waals surface area (Å²) >= 11 is 0. The Hall–Kier alpha value is -4.02. The average Bonchev–Trinajstić information content (AvgIpc) is 3.67. The first kappa shape index (κ1) is 50.3. The van der Waals surface area contributed by atoms with Gasteiger partial charge in [0.1, 0.15) is 36.4 Å². The highest BCUT2D eigenvalue weighted by Gasteiger charge is 2.44. The van der Waals surface area contributed by atoms with Gasteiger partial charge in [0.2, 0.25) is 0 Å². The van der Waals surface area contributed by atoms with E-state index in [9.17, 15) is 35.4 Å². The van der Waals surface area contributed by atoms with E-state index in [-0.39, 0.29) is 24.7 Å². The van der Waals surface area contributed by atoms with Crippen LogP contribution in [0.3, 0.4) is 0 Å². The van der Waals surface area contributed by atoms with Crippen molar-refractivity contribution < 1.29 is 58.8 Å². The molecular weight excluding hydrogens is 771 g/mol. The number of ether oxygens (including phenoxy) is 4. The molecule has 0 aromatic carbocycles. The lowest BCUT2D eigenvalue weighted by atomic mass is 9.86. The van der Waals surface area contributed by atoms with Crippen molar-refractivity contribution in [2.45, 2.75) is 135 Å². The van der Waals surface area contributed by atoms with Crippen molar-refractivity contribution in [1.82, 2.24) is 4.98 Å². The first-order chi connectivity index (χ1) is 28.5. The van der Waals surface area contributed by atoms with Crippen LogP contribution in [0, 0.1) is 17.8 Å². The van der Waals surface area contributed by atoms with Gasteiger partial charge >= 0.3 is 5.97 Å². The van der Waals surface area contributed by atoms with Gasteiger partial charge in [0, 0.05) is 37.4 Å². The van der Waals surface area contributed by atoms with Gasteiger partial charge in [0.15, 0.2) is 12.2 Å².